The van der Waals surface area contributed by atoms with Crippen molar-refractivity contribution in [3.8, 4) is 11.5 Å². The van der Waals surface area contributed by atoms with Gasteiger partial charge < -0.3 is 15.6 Å². The highest BCUT2D eigenvalue weighted by Crippen LogP contribution is 2.33. The number of nitrogen functional groups attached to an aromatic ring is 1. The molecule has 104 valence electrons. The smallest absolute Gasteiger partial charge is 0.338 e. The van der Waals surface area contributed by atoms with Gasteiger partial charge in [0.25, 0.3) is 0 Å². The van der Waals surface area contributed by atoms with Gasteiger partial charge in [0.2, 0.25) is 0 Å². The normalized spacial score (nSPS) is 10.3. The summed E-state index contributed by atoms with van der Waals surface area (Å²) in [4.78, 5) is 10.8. The monoisotopic (exact) mass is 315 g/mol. The molecule has 0 saturated heterocycles. The first-order chi connectivity index (χ1) is 9.38. The van der Waals surface area contributed by atoms with Gasteiger partial charge in [0.05, 0.1) is 21.3 Å². The third kappa shape index (κ3) is 2.95. The second kappa shape index (κ2) is 5.56. The Bertz CT molecular complexity index is 692. The number of rotatable bonds is 3. The van der Waals surface area contributed by atoms with Gasteiger partial charge in [-0.25, -0.2) is 9.18 Å². The fourth-order valence-corrected chi connectivity index (χ4v) is 1.78. The van der Waals surface area contributed by atoms with Gasteiger partial charge in [0.1, 0.15) is 11.6 Å². The number of aromatic carboxylic acids is 1. The molecule has 0 heterocycles. The number of carboxylic acid groups (broad SMARTS) is 1. The first-order valence-corrected chi connectivity index (χ1v) is 6.09. The molecule has 0 spiro atoms. The number of anilines is 1. The summed E-state index contributed by atoms with van der Waals surface area (Å²) < 4.78 is 18.9. The maximum atomic E-state index is 13.6. The molecule has 2 rings (SSSR count). The molecule has 0 bridgehead atoms. The molecule has 0 radical (unpaired) electrons. The van der Waals surface area contributed by atoms with Gasteiger partial charge in [-0.15, -0.1) is 0 Å². The number of ether oxygens (including phenoxy) is 1. The minimum Gasteiger partial charge on any atom is -0.478 e. The molecule has 0 amide bonds. The van der Waals surface area contributed by atoms with Crippen LogP contribution in [0.3, 0.4) is 0 Å². The molecule has 3 N–H and O–H groups in total. The summed E-state index contributed by atoms with van der Waals surface area (Å²) in [6.45, 7) is 0. The van der Waals surface area contributed by atoms with Crippen molar-refractivity contribution in [3.05, 3.63) is 51.8 Å². The van der Waals surface area contributed by atoms with E-state index >= 15 is 0 Å². The molecule has 0 aliphatic rings. The topological polar surface area (TPSA) is 72.6 Å². The van der Waals surface area contributed by atoms with E-state index in [0.717, 1.165) is 12.1 Å². The Morgan fingerprint density at radius 1 is 1.20 bits per heavy atom. The van der Waals surface area contributed by atoms with E-state index in [1.807, 2.05) is 0 Å². The third-order valence-corrected chi connectivity index (χ3v) is 3.19. The fourth-order valence-electron chi connectivity index (χ4n) is 1.49. The highest BCUT2D eigenvalue weighted by atomic mass is 35.5. The van der Waals surface area contributed by atoms with Crippen molar-refractivity contribution in [2.24, 2.45) is 0 Å². The molecule has 0 aliphatic carbocycles. The zero-order valence-corrected chi connectivity index (χ0v) is 11.4. The Morgan fingerprint density at radius 3 is 2.50 bits per heavy atom. The van der Waals surface area contributed by atoms with Gasteiger partial charge in [-0.05, 0) is 18.2 Å². The Labute approximate surface area is 123 Å². The number of hydrogen-bond donors (Lipinski definition) is 2. The minimum atomic E-state index is -1.41. The Kier molecular flexibility index (Phi) is 4.01. The first kappa shape index (κ1) is 14.4. The molecular weight excluding hydrogens is 308 g/mol. The molecule has 7 heteroatoms. The van der Waals surface area contributed by atoms with Crippen molar-refractivity contribution in [1.82, 2.24) is 0 Å². The maximum absolute atomic E-state index is 13.6. The van der Waals surface area contributed by atoms with Crippen molar-refractivity contribution in [2.75, 3.05) is 5.73 Å². The van der Waals surface area contributed by atoms with Crippen LogP contribution in [0.4, 0.5) is 10.1 Å². The lowest BCUT2D eigenvalue weighted by Gasteiger charge is -2.10. The molecule has 20 heavy (non-hydrogen) atoms. The number of halogens is 3. The number of hydrogen-bond acceptors (Lipinski definition) is 3. The van der Waals surface area contributed by atoms with Crippen molar-refractivity contribution >= 4 is 34.9 Å². The van der Waals surface area contributed by atoms with E-state index in [4.69, 9.17) is 38.8 Å². The summed E-state index contributed by atoms with van der Waals surface area (Å²) in [6, 6.07) is 6.37. The largest absolute Gasteiger partial charge is 0.478 e. The van der Waals surface area contributed by atoms with Crippen LogP contribution in [-0.2, 0) is 0 Å². The van der Waals surface area contributed by atoms with Crippen LogP contribution in [0.25, 0.3) is 0 Å². The van der Waals surface area contributed by atoms with Gasteiger partial charge in [-0.2, -0.15) is 0 Å². The zero-order chi connectivity index (χ0) is 14.9. The standard InChI is InChI=1S/C13H8Cl2FNO3/c14-8-2-1-6(3-9(8)15)20-12-5-10(16)7(13(18)19)4-11(12)17/h1-5H,17H2,(H,18,19). The first-order valence-electron chi connectivity index (χ1n) is 5.33. The second-order valence-electron chi connectivity index (χ2n) is 3.85. The Hall–Kier alpha value is -1.98. The van der Waals surface area contributed by atoms with Gasteiger partial charge in [0.15, 0.2) is 5.75 Å². The molecule has 0 aromatic heterocycles. The Balaban J connectivity index is 2.36. The second-order valence-corrected chi connectivity index (χ2v) is 4.67. The summed E-state index contributed by atoms with van der Waals surface area (Å²) in [6.07, 6.45) is 0. The van der Waals surface area contributed by atoms with E-state index in [2.05, 4.69) is 0 Å². The lowest BCUT2D eigenvalue weighted by molar-refractivity contribution is 0.0692. The van der Waals surface area contributed by atoms with Crippen LogP contribution in [0.2, 0.25) is 10.0 Å². The van der Waals surface area contributed by atoms with Crippen LogP contribution in [0.1, 0.15) is 10.4 Å². The number of carboxylic acids is 1. The number of nitrogens with two attached hydrogens (primary N) is 1. The lowest BCUT2D eigenvalue weighted by atomic mass is 10.1. The van der Waals surface area contributed by atoms with Crippen LogP contribution in [0.15, 0.2) is 30.3 Å². The van der Waals surface area contributed by atoms with Crippen molar-refractivity contribution < 1.29 is 19.0 Å². The summed E-state index contributed by atoms with van der Waals surface area (Å²) in [5.41, 5.74) is 5.10. The summed E-state index contributed by atoms with van der Waals surface area (Å²) in [7, 11) is 0. The fraction of sp³-hybridized carbons (Fsp3) is 0. The predicted octanol–water partition coefficient (Wildman–Crippen LogP) is 4.21. The van der Waals surface area contributed by atoms with Crippen LogP contribution in [0.5, 0.6) is 11.5 Å². The summed E-state index contributed by atoms with van der Waals surface area (Å²) in [5, 5.41) is 9.38. The molecule has 2 aromatic carbocycles. The average Bonchev–Trinajstić information content (AvgIpc) is 2.37. The van der Waals surface area contributed by atoms with Gasteiger partial charge in [-0.1, -0.05) is 23.2 Å². The molecule has 4 nitrogen and oxygen atoms in total. The minimum absolute atomic E-state index is 0.00475. The summed E-state index contributed by atoms with van der Waals surface area (Å²) >= 11 is 11.6. The van der Waals surface area contributed by atoms with E-state index in [1.54, 1.807) is 0 Å². The summed E-state index contributed by atoms with van der Waals surface area (Å²) in [5.74, 6) is -2.06. The lowest BCUT2D eigenvalue weighted by Crippen LogP contribution is -2.03. The van der Waals surface area contributed by atoms with Gasteiger partial charge in [-0.3, -0.25) is 0 Å². The van der Waals surface area contributed by atoms with Crippen LogP contribution in [0, 0.1) is 5.82 Å². The SMILES string of the molecule is Nc1cc(C(=O)O)c(F)cc1Oc1ccc(Cl)c(Cl)c1. The van der Waals surface area contributed by atoms with E-state index in [9.17, 15) is 9.18 Å². The van der Waals surface area contributed by atoms with Crippen molar-refractivity contribution in [3.63, 3.8) is 0 Å². The van der Waals surface area contributed by atoms with Crippen LogP contribution < -0.4 is 10.5 Å². The Morgan fingerprint density at radius 2 is 1.90 bits per heavy atom. The van der Waals surface area contributed by atoms with E-state index < -0.39 is 17.3 Å². The van der Waals surface area contributed by atoms with Gasteiger partial charge >= 0.3 is 5.97 Å². The van der Waals surface area contributed by atoms with Crippen LogP contribution in [-0.4, -0.2) is 11.1 Å². The molecule has 0 aliphatic heterocycles. The third-order valence-electron chi connectivity index (χ3n) is 2.45. The van der Waals surface area contributed by atoms with Gasteiger partial charge in [0, 0.05) is 12.1 Å². The molecule has 0 unspecified atom stereocenters. The maximum Gasteiger partial charge on any atom is 0.338 e. The predicted molar refractivity (Wildman–Crippen MR) is 74.3 cm³/mol. The zero-order valence-electron chi connectivity index (χ0n) is 9.86. The van der Waals surface area contributed by atoms with E-state index in [1.165, 1.54) is 18.2 Å². The van der Waals surface area contributed by atoms with Crippen molar-refractivity contribution in [1.29, 1.82) is 0 Å². The molecule has 0 fully saturated rings. The number of carbonyl (C=O) groups is 1. The number of benzene rings is 2. The van der Waals surface area contributed by atoms with Crippen molar-refractivity contribution in [2.45, 2.75) is 0 Å². The van der Waals surface area contributed by atoms with E-state index in [-0.39, 0.29) is 16.5 Å². The van der Waals surface area contributed by atoms with Crippen LogP contribution >= 0.6 is 23.2 Å². The molecule has 0 atom stereocenters. The highest BCUT2D eigenvalue weighted by molar-refractivity contribution is 6.42. The molecule has 2 aromatic rings. The van der Waals surface area contributed by atoms with E-state index in [0.29, 0.717) is 10.8 Å². The molecule has 0 saturated carbocycles. The quantitative estimate of drug-likeness (QED) is 0.832. The highest BCUT2D eigenvalue weighted by Gasteiger charge is 2.15. The molecular formula is C13H8Cl2FNO3. The average molecular weight is 316 g/mol.